The Balaban J connectivity index is 0.00000690. The van der Waals surface area contributed by atoms with Crippen molar-refractivity contribution >= 4 is 79.1 Å². The normalized spacial score (nSPS) is 12.8. The van der Waals surface area contributed by atoms with Crippen LogP contribution < -0.4 is 35.3 Å². The van der Waals surface area contributed by atoms with Crippen molar-refractivity contribution in [1.82, 2.24) is 9.55 Å². The van der Waals surface area contributed by atoms with Crippen molar-refractivity contribution in [3.8, 4) is 28.4 Å². The van der Waals surface area contributed by atoms with Crippen LogP contribution in [0.3, 0.4) is 0 Å². The Hall–Kier alpha value is -8.27. The molecule has 3 heterocycles. The van der Waals surface area contributed by atoms with E-state index >= 15 is 0 Å². The van der Waals surface area contributed by atoms with E-state index in [0.29, 0.717) is 17.2 Å². The van der Waals surface area contributed by atoms with Gasteiger partial charge < -0.3 is 19.1 Å². The van der Waals surface area contributed by atoms with Crippen molar-refractivity contribution in [2.24, 2.45) is 0 Å². The molecule has 0 unspecified atom stereocenters. The van der Waals surface area contributed by atoms with Crippen LogP contribution >= 0.6 is 0 Å². The van der Waals surface area contributed by atoms with Gasteiger partial charge in [0.25, 0.3) is 0 Å². The van der Waals surface area contributed by atoms with Crippen molar-refractivity contribution in [2.75, 3.05) is 9.80 Å². The number of pyridine rings is 1. The number of hydrogen-bond acceptors (Lipinski definition) is 4. The van der Waals surface area contributed by atoms with Gasteiger partial charge in [-0.3, -0.25) is 0 Å². The maximum Gasteiger partial charge on any atom is 0.187 e. The molecule has 0 atom stereocenters. The van der Waals surface area contributed by atoms with E-state index in [9.17, 15) is 0 Å². The van der Waals surface area contributed by atoms with Gasteiger partial charge in [-0.05, 0) is 107 Å². The maximum absolute atomic E-state index is 7.87. The van der Waals surface area contributed by atoms with Gasteiger partial charge in [0.1, 0.15) is 5.82 Å². The van der Waals surface area contributed by atoms with Crippen LogP contribution in [0, 0.1) is 25.4 Å². The maximum atomic E-state index is 7.87. The van der Waals surface area contributed by atoms with Crippen LogP contribution in [0.15, 0.2) is 219 Å². The van der Waals surface area contributed by atoms with E-state index in [1.165, 1.54) is 37.4 Å². The van der Waals surface area contributed by atoms with Gasteiger partial charge in [-0.1, -0.05) is 207 Å². The summed E-state index contributed by atoms with van der Waals surface area (Å²) in [4.78, 5) is 13.4. The van der Waals surface area contributed by atoms with Crippen LogP contribution in [0.25, 0.3) is 43.6 Å². The largest absolute Gasteiger partial charge is 0.509 e. The first kappa shape index (κ1) is 54.7. The summed E-state index contributed by atoms with van der Waals surface area (Å²) in [7, 11) is -2.86. The molecule has 0 saturated carbocycles. The summed E-state index contributed by atoms with van der Waals surface area (Å²) >= 11 is 0. The number of fused-ring (bicyclic) bond motifs is 4. The fourth-order valence-corrected chi connectivity index (χ4v) is 16.2. The molecule has 0 fully saturated rings. The molecule has 0 saturated heterocycles. The molecule has 2 aromatic heterocycles. The van der Waals surface area contributed by atoms with Gasteiger partial charge in [0, 0.05) is 66.9 Å². The smallest absolute Gasteiger partial charge is 0.187 e. The van der Waals surface area contributed by atoms with Gasteiger partial charge in [0.15, 0.2) is 13.8 Å². The number of ether oxygens (including phenoxy) is 1. The summed E-state index contributed by atoms with van der Waals surface area (Å²) < 4.78 is 9.16. The summed E-state index contributed by atoms with van der Waals surface area (Å²) in [5.41, 5.74) is 11.8. The number of hydrogen-bond donors (Lipinski definition) is 0. The van der Waals surface area contributed by atoms with E-state index in [1.807, 2.05) is 42.6 Å². The fraction of sp³-hybridized carbons (Fsp3) is 0.164. The average Bonchev–Trinajstić information content (AvgIpc) is 3.31. The van der Waals surface area contributed by atoms with Crippen LogP contribution in [-0.4, -0.2) is 17.6 Å². The molecule has 404 valence electrons. The molecule has 1 aliphatic rings. The van der Waals surface area contributed by atoms with Crippen molar-refractivity contribution < 1.29 is 25.8 Å². The molecule has 0 spiro atoms. The summed E-state index contributed by atoms with van der Waals surface area (Å²) in [5.74, 6) is 1.94. The molecule has 0 radical (unpaired) electrons. The van der Waals surface area contributed by atoms with Crippen molar-refractivity contribution in [3.05, 3.63) is 265 Å². The first-order valence-electron chi connectivity index (χ1n) is 27.5. The van der Waals surface area contributed by atoms with Gasteiger partial charge >= 0.3 is 0 Å². The van der Waals surface area contributed by atoms with E-state index in [0.717, 1.165) is 61.5 Å². The van der Waals surface area contributed by atoms with Crippen LogP contribution in [0.4, 0.5) is 28.4 Å². The summed E-state index contributed by atoms with van der Waals surface area (Å²) in [6.45, 7) is 30.4. The van der Waals surface area contributed by atoms with Crippen LogP contribution in [0.1, 0.15) is 79.0 Å². The number of benzene rings is 9. The molecule has 0 amide bonds. The predicted octanol–water partition coefficient (Wildman–Crippen LogP) is 16.5. The molecule has 0 bridgehead atoms. The molecule has 11 aromatic rings. The number of aromatic nitrogens is 2. The quantitative estimate of drug-likeness (QED) is 0.0777. The van der Waals surface area contributed by atoms with Crippen molar-refractivity contribution in [1.29, 1.82) is 0 Å². The first-order valence-corrected chi connectivity index (χ1v) is 29.5. The number of nitrogens with zero attached hydrogens (tertiary/aromatic N) is 5. The molecular formula is C73H64N5OPtSi-3. The van der Waals surface area contributed by atoms with Crippen molar-refractivity contribution in [3.63, 3.8) is 0 Å². The van der Waals surface area contributed by atoms with Crippen molar-refractivity contribution in [2.45, 2.75) is 78.6 Å². The zero-order valence-corrected chi connectivity index (χ0v) is 50.6. The molecule has 6 nitrogen and oxygen atoms in total. The average molecular weight is 1250 g/mol. The standard InChI is InChI=1S/C73H64N5OSi.Pt/c1-71(2,3)51-39-40-75-69(45-51)78-66-38-36-62(80(59-27-14-11-15-28-59,60-29-16-12-17-30-60)61-31-18-13-19-32-61)48-65(66)64-37-35-58(47-68(64)78)79-57-26-21-25-55(46-57)76-49-77(56-43-52(72(4,5)6)42-53(44-56)73(7,8)9)70-63(33-22-34-67(70)76)50-23-20-24-54(41-50)74-10;/h11-45,48-49H,1-9H3;/q-3;. The minimum Gasteiger partial charge on any atom is -0.509 e. The third kappa shape index (κ3) is 10.1. The molecule has 8 heteroatoms. The topological polar surface area (TPSA) is 37.9 Å². The molecule has 0 N–H and O–H groups in total. The van der Waals surface area contributed by atoms with Crippen LogP contribution in [-0.2, 0) is 37.3 Å². The predicted molar refractivity (Wildman–Crippen MR) is 336 cm³/mol. The van der Waals surface area contributed by atoms with E-state index in [-0.39, 0.29) is 37.3 Å². The third-order valence-electron chi connectivity index (χ3n) is 15.7. The van der Waals surface area contributed by atoms with Gasteiger partial charge in [-0.2, -0.15) is 12.1 Å². The summed E-state index contributed by atoms with van der Waals surface area (Å²) in [6.07, 6.45) is 1.92. The second kappa shape index (κ2) is 21.3. The van der Waals surface area contributed by atoms with Gasteiger partial charge in [-0.15, -0.1) is 48.1 Å². The summed E-state index contributed by atoms with van der Waals surface area (Å²) in [6, 6.07) is 83.7. The summed E-state index contributed by atoms with van der Waals surface area (Å²) in [5, 5.41) is 7.42. The number of para-hydroxylation sites is 1. The minimum absolute atomic E-state index is 0. The van der Waals surface area contributed by atoms with E-state index in [4.69, 9.17) is 16.3 Å². The SMILES string of the molecule is [C-]#[N+]c1cccc(-c2cccc3c2N(c2cc(C(C)(C)C)cc(C(C)(C)C)c2)[CH-]N3c2[c-]c(Oc3[c-]c4c(cc3)c3cc([Si](c5ccccc5)(c5ccccc5)c5ccccc5)ccc3n4-c3cc(C(C)(C)C)ccn3)ccc2)c1.[Pt]. The molecule has 12 rings (SSSR count). The van der Waals surface area contributed by atoms with Gasteiger partial charge in [0.05, 0.1) is 6.57 Å². The zero-order chi connectivity index (χ0) is 55.6. The van der Waals surface area contributed by atoms with E-state index in [1.54, 1.807) is 0 Å². The van der Waals surface area contributed by atoms with Gasteiger partial charge in [0.2, 0.25) is 0 Å². The van der Waals surface area contributed by atoms with E-state index in [2.05, 4.69) is 276 Å². The molecule has 9 aromatic carbocycles. The molecular weight excluding hydrogens is 1190 g/mol. The Kier molecular flexibility index (Phi) is 14.4. The second-order valence-electron chi connectivity index (χ2n) is 24.1. The first-order chi connectivity index (χ1) is 38.5. The Morgan fingerprint density at radius 3 is 1.74 bits per heavy atom. The molecule has 1 aliphatic heterocycles. The second-order valence-corrected chi connectivity index (χ2v) is 27.9. The van der Waals surface area contributed by atoms with Crippen LogP contribution in [0.2, 0.25) is 0 Å². The Bertz CT molecular complexity index is 4040. The Morgan fingerprint density at radius 1 is 0.519 bits per heavy atom. The fourth-order valence-electron chi connectivity index (χ4n) is 11.5. The molecule has 0 aliphatic carbocycles. The third-order valence-corrected chi connectivity index (χ3v) is 20.5. The van der Waals surface area contributed by atoms with Gasteiger partial charge in [-0.25, -0.2) is 9.83 Å². The Morgan fingerprint density at radius 2 is 1.12 bits per heavy atom. The number of rotatable bonds is 10. The van der Waals surface area contributed by atoms with E-state index < -0.39 is 8.07 Å². The molecule has 81 heavy (non-hydrogen) atoms. The minimum atomic E-state index is -2.86. The number of anilines is 4. The zero-order valence-electron chi connectivity index (χ0n) is 47.3. The monoisotopic (exact) mass is 1250 g/mol. The Labute approximate surface area is 493 Å². The van der Waals surface area contributed by atoms with Crippen LogP contribution in [0.5, 0.6) is 11.5 Å².